The van der Waals surface area contributed by atoms with Gasteiger partial charge in [0.2, 0.25) is 5.89 Å². The molecule has 84 valence electrons. The first-order valence-corrected chi connectivity index (χ1v) is 5.44. The van der Waals surface area contributed by atoms with Crippen molar-refractivity contribution in [3.63, 3.8) is 0 Å². The number of likely N-dealkylation sites (tertiary alicyclic amines) is 1. The minimum Gasteiger partial charge on any atom is -0.339 e. The van der Waals surface area contributed by atoms with Gasteiger partial charge in [-0.2, -0.15) is 4.98 Å². The molecule has 0 saturated carbocycles. The zero-order valence-electron chi connectivity index (χ0n) is 9.36. The molecule has 0 radical (unpaired) electrons. The van der Waals surface area contributed by atoms with E-state index < -0.39 is 0 Å². The third-order valence-electron chi connectivity index (χ3n) is 3.10. The molecule has 1 fully saturated rings. The molecule has 1 aliphatic heterocycles. The van der Waals surface area contributed by atoms with E-state index in [1.807, 2.05) is 6.92 Å². The number of aryl methyl sites for hydroxylation is 1. The number of piperidine rings is 1. The molecule has 2 heterocycles. The molecule has 2 rings (SSSR count). The van der Waals surface area contributed by atoms with E-state index in [2.05, 4.69) is 22.1 Å². The first-order chi connectivity index (χ1) is 7.14. The number of hydrogen-bond donors (Lipinski definition) is 1. The number of nitrogens with two attached hydrogens (primary N) is 1. The largest absolute Gasteiger partial charge is 0.339 e. The third kappa shape index (κ3) is 2.03. The van der Waals surface area contributed by atoms with Crippen LogP contribution >= 0.6 is 0 Å². The summed E-state index contributed by atoms with van der Waals surface area (Å²) < 4.78 is 5.10. The maximum atomic E-state index is 6.30. The Morgan fingerprint density at radius 1 is 1.47 bits per heavy atom. The molecule has 0 aromatic carbocycles. The molecular formula is C10H18N4O. The molecule has 0 unspecified atom stereocenters. The van der Waals surface area contributed by atoms with E-state index in [4.69, 9.17) is 10.3 Å². The Balaban J connectivity index is 2.14. The van der Waals surface area contributed by atoms with Crippen LogP contribution < -0.4 is 5.73 Å². The minimum atomic E-state index is -0.385. The van der Waals surface area contributed by atoms with Crippen LogP contribution in [0.5, 0.6) is 0 Å². The summed E-state index contributed by atoms with van der Waals surface area (Å²) in [4.78, 5) is 6.60. The number of hydrogen-bond acceptors (Lipinski definition) is 5. The molecule has 0 atom stereocenters. The second-order valence-corrected chi connectivity index (χ2v) is 4.32. The van der Waals surface area contributed by atoms with Crippen LogP contribution in [0, 0.1) is 0 Å². The van der Waals surface area contributed by atoms with Gasteiger partial charge in [-0.1, -0.05) is 12.1 Å². The lowest BCUT2D eigenvalue weighted by Crippen LogP contribution is -2.47. The Morgan fingerprint density at radius 3 is 2.67 bits per heavy atom. The Kier molecular flexibility index (Phi) is 2.75. The van der Waals surface area contributed by atoms with E-state index in [0.29, 0.717) is 11.7 Å². The van der Waals surface area contributed by atoms with Crippen molar-refractivity contribution in [1.82, 2.24) is 15.0 Å². The van der Waals surface area contributed by atoms with Crippen molar-refractivity contribution in [1.29, 1.82) is 0 Å². The first kappa shape index (κ1) is 10.6. The molecule has 15 heavy (non-hydrogen) atoms. The normalized spacial score (nSPS) is 21.8. The molecule has 5 heteroatoms. The van der Waals surface area contributed by atoms with Crippen LogP contribution in [0.15, 0.2) is 4.52 Å². The van der Waals surface area contributed by atoms with Crippen LogP contribution in [0.25, 0.3) is 0 Å². The average molecular weight is 210 g/mol. The highest BCUT2D eigenvalue weighted by molar-refractivity contribution is 5.06. The molecule has 0 aliphatic carbocycles. The van der Waals surface area contributed by atoms with Gasteiger partial charge in [0.25, 0.3) is 0 Å². The highest BCUT2D eigenvalue weighted by Gasteiger charge is 2.35. The summed E-state index contributed by atoms with van der Waals surface area (Å²) in [7, 11) is 2.10. The van der Waals surface area contributed by atoms with Crippen molar-refractivity contribution in [2.75, 3.05) is 20.1 Å². The summed E-state index contributed by atoms with van der Waals surface area (Å²) in [6.07, 6.45) is 2.56. The zero-order valence-corrected chi connectivity index (χ0v) is 9.36. The predicted molar refractivity (Wildman–Crippen MR) is 56.3 cm³/mol. The van der Waals surface area contributed by atoms with Gasteiger partial charge >= 0.3 is 0 Å². The van der Waals surface area contributed by atoms with E-state index in [-0.39, 0.29) is 5.54 Å². The smallest absolute Gasteiger partial charge is 0.226 e. The molecule has 1 saturated heterocycles. The van der Waals surface area contributed by atoms with Gasteiger partial charge in [-0.3, -0.25) is 0 Å². The van der Waals surface area contributed by atoms with Crippen LogP contribution in [0.2, 0.25) is 0 Å². The van der Waals surface area contributed by atoms with Gasteiger partial charge < -0.3 is 15.2 Å². The topological polar surface area (TPSA) is 68.2 Å². The average Bonchev–Trinajstić information content (AvgIpc) is 2.72. The lowest BCUT2D eigenvalue weighted by Gasteiger charge is -2.35. The second kappa shape index (κ2) is 3.90. The van der Waals surface area contributed by atoms with E-state index >= 15 is 0 Å². The molecule has 2 N–H and O–H groups in total. The minimum absolute atomic E-state index is 0.385. The predicted octanol–water partition coefficient (Wildman–Crippen LogP) is 0.512. The SMILES string of the molecule is CCc1nc(C2(N)CCN(C)CC2)no1. The van der Waals surface area contributed by atoms with Crippen molar-refractivity contribution in [3.8, 4) is 0 Å². The molecule has 5 nitrogen and oxygen atoms in total. The summed E-state index contributed by atoms with van der Waals surface area (Å²) in [5.41, 5.74) is 5.91. The fourth-order valence-corrected chi connectivity index (χ4v) is 1.84. The molecule has 1 aromatic rings. The summed E-state index contributed by atoms with van der Waals surface area (Å²) in [6.45, 7) is 3.98. The lowest BCUT2D eigenvalue weighted by atomic mass is 9.88. The van der Waals surface area contributed by atoms with Gasteiger partial charge in [0, 0.05) is 19.5 Å². The Hall–Kier alpha value is -0.940. The summed E-state index contributed by atoms with van der Waals surface area (Å²) >= 11 is 0. The molecule has 1 aliphatic rings. The molecule has 0 spiro atoms. The Labute approximate surface area is 89.6 Å². The van der Waals surface area contributed by atoms with Gasteiger partial charge in [0.05, 0.1) is 5.54 Å². The lowest BCUT2D eigenvalue weighted by molar-refractivity contribution is 0.181. The maximum absolute atomic E-state index is 6.30. The van der Waals surface area contributed by atoms with Crippen LogP contribution in [-0.4, -0.2) is 35.2 Å². The van der Waals surface area contributed by atoms with Gasteiger partial charge in [-0.05, 0) is 19.9 Å². The van der Waals surface area contributed by atoms with E-state index in [9.17, 15) is 0 Å². The molecule has 0 amide bonds. The van der Waals surface area contributed by atoms with Crippen LogP contribution in [-0.2, 0) is 12.0 Å². The summed E-state index contributed by atoms with van der Waals surface area (Å²) in [5.74, 6) is 1.35. The number of rotatable bonds is 2. The summed E-state index contributed by atoms with van der Waals surface area (Å²) in [5, 5.41) is 3.98. The van der Waals surface area contributed by atoms with Crippen molar-refractivity contribution >= 4 is 0 Å². The van der Waals surface area contributed by atoms with Crippen molar-refractivity contribution < 1.29 is 4.52 Å². The highest BCUT2D eigenvalue weighted by atomic mass is 16.5. The molecule has 1 aromatic heterocycles. The molecular weight excluding hydrogens is 192 g/mol. The fraction of sp³-hybridized carbons (Fsp3) is 0.800. The summed E-state index contributed by atoms with van der Waals surface area (Å²) in [6, 6.07) is 0. The van der Waals surface area contributed by atoms with Gasteiger partial charge in [0.15, 0.2) is 5.82 Å². The van der Waals surface area contributed by atoms with E-state index in [0.717, 1.165) is 32.4 Å². The highest BCUT2D eigenvalue weighted by Crippen LogP contribution is 2.27. The number of aromatic nitrogens is 2. The zero-order chi connectivity index (χ0) is 10.9. The monoisotopic (exact) mass is 210 g/mol. The van der Waals surface area contributed by atoms with Gasteiger partial charge in [-0.15, -0.1) is 0 Å². The number of nitrogens with zero attached hydrogens (tertiary/aromatic N) is 3. The first-order valence-electron chi connectivity index (χ1n) is 5.44. The quantitative estimate of drug-likeness (QED) is 0.770. The Bertz CT molecular complexity index is 328. The van der Waals surface area contributed by atoms with Crippen LogP contribution in [0.3, 0.4) is 0 Å². The van der Waals surface area contributed by atoms with Crippen LogP contribution in [0.1, 0.15) is 31.5 Å². The standard InChI is InChI=1S/C10H18N4O/c1-3-8-12-9(13-15-8)10(11)4-6-14(2)7-5-10/h3-7,11H2,1-2H3. The second-order valence-electron chi connectivity index (χ2n) is 4.32. The van der Waals surface area contributed by atoms with Crippen LogP contribution in [0.4, 0.5) is 0 Å². The van der Waals surface area contributed by atoms with E-state index in [1.165, 1.54) is 0 Å². The van der Waals surface area contributed by atoms with Crippen molar-refractivity contribution in [2.45, 2.75) is 31.7 Å². The molecule has 0 bridgehead atoms. The Morgan fingerprint density at radius 2 is 2.13 bits per heavy atom. The van der Waals surface area contributed by atoms with Gasteiger partial charge in [0.1, 0.15) is 0 Å². The fourth-order valence-electron chi connectivity index (χ4n) is 1.84. The van der Waals surface area contributed by atoms with Crippen molar-refractivity contribution in [3.05, 3.63) is 11.7 Å². The maximum Gasteiger partial charge on any atom is 0.226 e. The third-order valence-corrected chi connectivity index (χ3v) is 3.10. The van der Waals surface area contributed by atoms with Crippen molar-refractivity contribution in [2.24, 2.45) is 5.73 Å². The van der Waals surface area contributed by atoms with E-state index in [1.54, 1.807) is 0 Å². The van der Waals surface area contributed by atoms with Gasteiger partial charge in [-0.25, -0.2) is 0 Å².